The van der Waals surface area contributed by atoms with Crippen molar-refractivity contribution in [3.05, 3.63) is 55.2 Å². The number of carbonyl (C=O) groups excluding carboxylic acids is 1. The average molecular weight is 382 g/mol. The number of amides is 1. The highest BCUT2D eigenvalue weighted by Crippen LogP contribution is 2.23. The number of allylic oxidation sites excluding steroid dienone is 3. The van der Waals surface area contributed by atoms with Crippen molar-refractivity contribution in [1.82, 2.24) is 4.90 Å². The van der Waals surface area contributed by atoms with Crippen LogP contribution in [0.4, 0.5) is 0 Å². The van der Waals surface area contributed by atoms with Crippen molar-refractivity contribution in [1.29, 1.82) is 0 Å². The van der Waals surface area contributed by atoms with E-state index >= 15 is 0 Å². The number of halogens is 1. The van der Waals surface area contributed by atoms with Crippen molar-refractivity contribution in [3.63, 3.8) is 0 Å². The fourth-order valence-corrected chi connectivity index (χ4v) is 5.52. The highest BCUT2D eigenvalue weighted by atomic mass is 127. The lowest BCUT2D eigenvalue weighted by atomic mass is 9.94. The maximum Gasteiger partial charge on any atom is 0.354 e. The average Bonchev–Trinajstić information content (AvgIpc) is 2.47. The highest BCUT2D eigenvalue weighted by Gasteiger charge is 2.34. The summed E-state index contributed by atoms with van der Waals surface area (Å²) in [6.07, 6.45) is 6.30. The summed E-state index contributed by atoms with van der Waals surface area (Å²) in [6.45, 7) is 2.20. The van der Waals surface area contributed by atoms with Crippen LogP contribution in [0.25, 0.3) is 0 Å². The molecule has 0 N–H and O–H groups in total. The van der Waals surface area contributed by atoms with E-state index in [-0.39, 0.29) is 27.1 Å². The van der Waals surface area contributed by atoms with Crippen LogP contribution >= 0.6 is 0 Å². The Balaban J connectivity index is 2.36. The molecule has 0 saturated carbocycles. The second kappa shape index (κ2) is 7.07. The molecule has 0 bridgehead atoms. The van der Waals surface area contributed by atoms with Gasteiger partial charge in [0.25, 0.3) is 5.91 Å². The monoisotopic (exact) mass is 382 g/mol. The minimum absolute atomic E-state index is 0.179. The number of nitrogens with zero attached hydrogens (tertiary/aromatic N) is 1. The molecule has 0 radical (unpaired) electrons. The zero-order valence-electron chi connectivity index (χ0n) is 12.3. The molecule has 0 aromatic heterocycles. The van der Waals surface area contributed by atoms with Crippen LogP contribution in [0.15, 0.2) is 51.6 Å². The number of hydrogen-bond donors (Lipinski definition) is 0. The van der Waals surface area contributed by atoms with Crippen LogP contribution < -0.4 is 21.2 Å². The van der Waals surface area contributed by atoms with E-state index in [0.29, 0.717) is 5.92 Å². The Hall–Kier alpha value is -1.10. The maximum atomic E-state index is 12.4. The zero-order chi connectivity index (χ0) is 14.5. The zero-order valence-corrected chi connectivity index (χ0v) is 14.4. The molecule has 2 nitrogen and oxygen atoms in total. The Morgan fingerprint density at radius 3 is 2.60 bits per heavy atom. The van der Waals surface area contributed by atoms with Gasteiger partial charge in [0.2, 0.25) is 0 Å². The summed E-state index contributed by atoms with van der Waals surface area (Å²) in [6, 6.07) is 10.6. The molecule has 0 spiro atoms. The van der Waals surface area contributed by atoms with E-state index in [9.17, 15) is 4.79 Å². The van der Waals surface area contributed by atoms with Gasteiger partial charge in [-0.2, -0.15) is 0 Å². The van der Waals surface area contributed by atoms with Gasteiger partial charge in [-0.1, -0.05) is 37.3 Å². The molecule has 0 fully saturated rings. The largest absolute Gasteiger partial charge is 0.354 e. The first kappa shape index (κ1) is 15.3. The van der Waals surface area contributed by atoms with E-state index in [1.165, 1.54) is 7.15 Å². The normalized spacial score (nSPS) is 18.2. The van der Waals surface area contributed by atoms with Gasteiger partial charge in [-0.15, -0.1) is 0 Å². The van der Waals surface area contributed by atoms with Crippen LogP contribution in [0.3, 0.4) is 0 Å². The molecule has 20 heavy (non-hydrogen) atoms. The van der Waals surface area contributed by atoms with Crippen molar-refractivity contribution in [2.75, 3.05) is 14.1 Å². The van der Waals surface area contributed by atoms with Crippen LogP contribution in [0.2, 0.25) is 0 Å². The van der Waals surface area contributed by atoms with E-state index in [1.54, 1.807) is 4.90 Å². The lowest BCUT2D eigenvalue weighted by Gasteiger charge is -2.18. The van der Waals surface area contributed by atoms with Crippen molar-refractivity contribution in [2.45, 2.75) is 19.8 Å². The third-order valence-corrected chi connectivity index (χ3v) is 6.73. The molecule has 0 heterocycles. The Labute approximate surface area is 131 Å². The second-order valence-corrected chi connectivity index (χ2v) is 8.01. The number of benzene rings is 1. The summed E-state index contributed by atoms with van der Waals surface area (Å²) >= 11 is -0.259. The van der Waals surface area contributed by atoms with E-state index in [1.807, 2.05) is 20.2 Å². The Kier molecular flexibility index (Phi) is 5.40. The molecule has 1 atom stereocenters. The molecule has 106 valence electrons. The van der Waals surface area contributed by atoms with E-state index in [4.69, 9.17) is 0 Å². The van der Waals surface area contributed by atoms with Crippen LogP contribution in [-0.4, -0.2) is 24.9 Å². The molecule has 0 aliphatic heterocycles. The van der Waals surface area contributed by atoms with Gasteiger partial charge in [0.15, 0.2) is 7.15 Å². The Morgan fingerprint density at radius 1 is 1.30 bits per heavy atom. The minimum Gasteiger partial charge on any atom is -0.345 e. The molecular weight excluding hydrogens is 361 g/mol. The van der Waals surface area contributed by atoms with Gasteiger partial charge in [0.1, 0.15) is 0 Å². The van der Waals surface area contributed by atoms with Gasteiger partial charge in [0.05, 0.1) is 5.57 Å². The lowest BCUT2D eigenvalue weighted by Crippen LogP contribution is -3.61. The molecule has 0 saturated heterocycles. The molecule has 1 aliphatic carbocycles. The van der Waals surface area contributed by atoms with Crippen molar-refractivity contribution in [3.8, 4) is 0 Å². The molecule has 1 unspecified atom stereocenters. The lowest BCUT2D eigenvalue weighted by molar-refractivity contribution is -0.583. The van der Waals surface area contributed by atoms with Crippen LogP contribution in [0, 0.1) is 9.49 Å². The standard InChI is InChI=1S/C17H21INO/c1-4-13-9-8-12-15(17(20)19(2)3)16(13)18-14-10-6-5-7-11-14/h5-11,13H,4,12H2,1-3H3/q+1. The SMILES string of the molecule is CCC1C=CCC(C(=O)N(C)C)=C1[I+]c1ccccc1. The van der Waals surface area contributed by atoms with Gasteiger partial charge in [-0.25, -0.2) is 0 Å². The van der Waals surface area contributed by atoms with E-state index in [0.717, 1.165) is 18.4 Å². The molecule has 1 aromatic rings. The summed E-state index contributed by atoms with van der Waals surface area (Å²) in [5.41, 5.74) is 1.03. The molecule has 1 aromatic carbocycles. The minimum atomic E-state index is -0.259. The summed E-state index contributed by atoms with van der Waals surface area (Å²) in [5, 5.41) is 0. The number of hydrogen-bond acceptors (Lipinski definition) is 1. The maximum absolute atomic E-state index is 12.4. The van der Waals surface area contributed by atoms with Gasteiger partial charge in [-0.3, -0.25) is 4.79 Å². The van der Waals surface area contributed by atoms with Crippen molar-refractivity contribution in [2.24, 2.45) is 5.92 Å². The van der Waals surface area contributed by atoms with Crippen LogP contribution in [0.5, 0.6) is 0 Å². The fraction of sp³-hybridized carbons (Fsp3) is 0.353. The van der Waals surface area contributed by atoms with Gasteiger partial charge < -0.3 is 4.90 Å². The Morgan fingerprint density at radius 2 is 2.00 bits per heavy atom. The van der Waals surface area contributed by atoms with Crippen molar-refractivity contribution >= 4 is 5.91 Å². The van der Waals surface area contributed by atoms with Crippen LogP contribution in [-0.2, 0) is 4.79 Å². The van der Waals surface area contributed by atoms with E-state index in [2.05, 4.69) is 43.3 Å². The first-order valence-electron chi connectivity index (χ1n) is 6.94. The molecule has 3 heteroatoms. The fourth-order valence-electron chi connectivity index (χ4n) is 2.25. The summed E-state index contributed by atoms with van der Waals surface area (Å²) in [4.78, 5) is 14.1. The summed E-state index contributed by atoms with van der Waals surface area (Å²) in [5.74, 6) is 0.620. The molecule has 1 aliphatic rings. The third-order valence-electron chi connectivity index (χ3n) is 3.35. The molecular formula is C17H21INO+. The van der Waals surface area contributed by atoms with Gasteiger partial charge in [0, 0.05) is 20.0 Å². The molecule has 2 rings (SSSR count). The number of carbonyl (C=O) groups is 1. The van der Waals surface area contributed by atoms with E-state index < -0.39 is 0 Å². The van der Waals surface area contributed by atoms with Gasteiger partial charge in [-0.05, 0) is 25.0 Å². The second-order valence-electron chi connectivity index (χ2n) is 5.06. The highest BCUT2D eigenvalue weighted by molar-refractivity contribution is 5.94. The number of rotatable bonds is 4. The topological polar surface area (TPSA) is 20.3 Å². The summed E-state index contributed by atoms with van der Waals surface area (Å²) in [7, 11) is 3.68. The third kappa shape index (κ3) is 3.51. The van der Waals surface area contributed by atoms with Crippen LogP contribution in [0.1, 0.15) is 19.8 Å². The summed E-state index contributed by atoms with van der Waals surface area (Å²) < 4.78 is 2.79. The number of likely N-dealkylation sites (N-methyl/N-ethyl adjacent to an activating group) is 1. The Bertz CT molecular complexity index is 531. The predicted octanol–water partition coefficient (Wildman–Crippen LogP) is 0.274. The quantitative estimate of drug-likeness (QED) is 0.541. The smallest absolute Gasteiger partial charge is 0.345 e. The molecule has 1 amide bonds. The van der Waals surface area contributed by atoms with Gasteiger partial charge >= 0.3 is 21.2 Å². The first-order chi connectivity index (χ1) is 9.63. The first-order valence-corrected chi connectivity index (χ1v) is 9.10. The predicted molar refractivity (Wildman–Crippen MR) is 78.4 cm³/mol. The van der Waals surface area contributed by atoms with Crippen molar-refractivity contribution < 1.29 is 26.0 Å².